The Kier molecular flexibility index (Phi) is 2.53. The van der Waals surface area contributed by atoms with Crippen molar-refractivity contribution in [1.29, 1.82) is 0 Å². The molecule has 6 heteroatoms. The third-order valence-electron chi connectivity index (χ3n) is 3.58. The van der Waals surface area contributed by atoms with E-state index >= 15 is 0 Å². The third-order valence-corrected chi connectivity index (χ3v) is 3.58. The van der Waals surface area contributed by atoms with Gasteiger partial charge in [0.15, 0.2) is 11.5 Å². The van der Waals surface area contributed by atoms with Crippen LogP contribution in [0.3, 0.4) is 0 Å². The van der Waals surface area contributed by atoms with E-state index in [1.54, 1.807) is 28.8 Å². The molecule has 0 amide bonds. The van der Waals surface area contributed by atoms with E-state index in [1.807, 2.05) is 25.1 Å². The second-order valence-corrected chi connectivity index (χ2v) is 5.21. The molecule has 0 unspecified atom stereocenters. The van der Waals surface area contributed by atoms with Gasteiger partial charge in [0, 0.05) is 10.9 Å². The standard InChI is InChI=1S/C16H13N5O/c1-9-2-7-12-13(8-9)18-16(17)21-15(12)19-14(20-21)10-3-5-11(22)6-4-10/h2-8,22H,1H3,(H2,17,18). The molecule has 0 fully saturated rings. The summed E-state index contributed by atoms with van der Waals surface area (Å²) >= 11 is 0. The molecule has 0 aliphatic carbocycles. The Balaban J connectivity index is 2.02. The van der Waals surface area contributed by atoms with E-state index in [0.717, 1.165) is 22.0 Å². The fraction of sp³-hybridized carbons (Fsp3) is 0.0625. The average molecular weight is 291 g/mol. The van der Waals surface area contributed by atoms with Crippen molar-refractivity contribution in [2.45, 2.75) is 6.92 Å². The normalized spacial score (nSPS) is 11.3. The van der Waals surface area contributed by atoms with Gasteiger partial charge in [-0.3, -0.25) is 0 Å². The topological polar surface area (TPSA) is 89.3 Å². The minimum atomic E-state index is 0.203. The molecule has 0 bridgehead atoms. The van der Waals surface area contributed by atoms with Crippen LogP contribution in [0, 0.1) is 6.92 Å². The zero-order valence-electron chi connectivity index (χ0n) is 11.9. The quantitative estimate of drug-likeness (QED) is 0.562. The number of aryl methyl sites for hydroxylation is 1. The molecule has 0 atom stereocenters. The Hall–Kier alpha value is -3.15. The minimum absolute atomic E-state index is 0.203. The second-order valence-electron chi connectivity index (χ2n) is 5.21. The maximum Gasteiger partial charge on any atom is 0.223 e. The van der Waals surface area contributed by atoms with Crippen LogP contribution in [0.1, 0.15) is 5.56 Å². The number of phenolic OH excluding ortho intramolecular Hbond substituents is 1. The first-order valence-corrected chi connectivity index (χ1v) is 6.84. The Labute approximate surface area is 125 Å². The van der Waals surface area contributed by atoms with Gasteiger partial charge in [0.25, 0.3) is 0 Å². The van der Waals surface area contributed by atoms with Gasteiger partial charge in [0.1, 0.15) is 5.75 Å². The molecule has 2 aromatic heterocycles. The van der Waals surface area contributed by atoms with Crippen molar-refractivity contribution in [3.63, 3.8) is 0 Å². The monoisotopic (exact) mass is 291 g/mol. The highest BCUT2D eigenvalue weighted by Gasteiger charge is 2.13. The lowest BCUT2D eigenvalue weighted by atomic mass is 10.2. The number of aromatic hydroxyl groups is 1. The van der Waals surface area contributed by atoms with E-state index in [1.165, 1.54) is 0 Å². The van der Waals surface area contributed by atoms with Gasteiger partial charge in [-0.25, -0.2) is 9.97 Å². The van der Waals surface area contributed by atoms with Crippen molar-refractivity contribution in [3.05, 3.63) is 48.0 Å². The smallest absolute Gasteiger partial charge is 0.223 e. The predicted octanol–water partition coefficient (Wildman–Crippen LogP) is 2.54. The maximum atomic E-state index is 9.38. The van der Waals surface area contributed by atoms with Crippen LogP contribution in [0.5, 0.6) is 5.75 Å². The van der Waals surface area contributed by atoms with Gasteiger partial charge in [-0.15, -0.1) is 5.10 Å². The molecular formula is C16H13N5O. The first-order valence-electron chi connectivity index (χ1n) is 6.84. The van der Waals surface area contributed by atoms with Crippen LogP contribution in [0.2, 0.25) is 0 Å². The van der Waals surface area contributed by atoms with Gasteiger partial charge in [-0.1, -0.05) is 6.07 Å². The van der Waals surface area contributed by atoms with Crippen molar-refractivity contribution in [1.82, 2.24) is 19.6 Å². The van der Waals surface area contributed by atoms with Crippen LogP contribution in [-0.4, -0.2) is 24.7 Å². The van der Waals surface area contributed by atoms with Crippen molar-refractivity contribution in [2.75, 3.05) is 5.73 Å². The number of hydrogen-bond donors (Lipinski definition) is 2. The second kappa shape index (κ2) is 4.42. The predicted molar refractivity (Wildman–Crippen MR) is 84.5 cm³/mol. The number of anilines is 1. The molecule has 4 rings (SSSR count). The summed E-state index contributed by atoms with van der Waals surface area (Å²) < 4.78 is 1.54. The van der Waals surface area contributed by atoms with Crippen molar-refractivity contribution in [2.24, 2.45) is 0 Å². The summed E-state index contributed by atoms with van der Waals surface area (Å²) in [6.45, 7) is 2.01. The van der Waals surface area contributed by atoms with Gasteiger partial charge < -0.3 is 10.8 Å². The van der Waals surface area contributed by atoms with Gasteiger partial charge in [-0.05, 0) is 48.9 Å². The average Bonchev–Trinajstić information content (AvgIpc) is 2.93. The summed E-state index contributed by atoms with van der Waals surface area (Å²) in [7, 11) is 0. The molecule has 108 valence electrons. The molecule has 22 heavy (non-hydrogen) atoms. The van der Waals surface area contributed by atoms with Gasteiger partial charge in [0.05, 0.1) is 5.52 Å². The highest BCUT2D eigenvalue weighted by Crippen LogP contribution is 2.24. The lowest BCUT2D eigenvalue weighted by Crippen LogP contribution is -2.02. The molecule has 0 aliphatic rings. The third kappa shape index (κ3) is 1.85. The number of phenols is 1. The number of nitrogen functional groups attached to an aromatic ring is 1. The van der Waals surface area contributed by atoms with Crippen molar-refractivity contribution >= 4 is 22.5 Å². The van der Waals surface area contributed by atoms with E-state index in [9.17, 15) is 5.11 Å². The van der Waals surface area contributed by atoms with E-state index in [2.05, 4.69) is 15.1 Å². The molecule has 0 radical (unpaired) electrons. The first-order chi connectivity index (χ1) is 10.6. The van der Waals surface area contributed by atoms with Crippen molar-refractivity contribution < 1.29 is 5.11 Å². The molecular weight excluding hydrogens is 278 g/mol. The van der Waals surface area contributed by atoms with Crippen LogP contribution in [0.25, 0.3) is 27.9 Å². The summed E-state index contributed by atoms with van der Waals surface area (Å²) in [5, 5.41) is 14.7. The lowest BCUT2D eigenvalue weighted by Gasteiger charge is -2.02. The van der Waals surface area contributed by atoms with Crippen LogP contribution < -0.4 is 5.73 Å². The number of nitrogens with two attached hydrogens (primary N) is 1. The van der Waals surface area contributed by atoms with E-state index in [4.69, 9.17) is 5.73 Å². The summed E-state index contributed by atoms with van der Waals surface area (Å²) in [6, 6.07) is 12.7. The number of hydrogen-bond acceptors (Lipinski definition) is 5. The Bertz CT molecular complexity index is 1000. The Morgan fingerprint density at radius 1 is 1.05 bits per heavy atom. The Morgan fingerprint density at radius 3 is 2.59 bits per heavy atom. The number of benzene rings is 2. The minimum Gasteiger partial charge on any atom is -0.508 e. The lowest BCUT2D eigenvalue weighted by molar-refractivity contribution is 0.475. The maximum absolute atomic E-state index is 9.38. The summed E-state index contributed by atoms with van der Waals surface area (Å²) in [6.07, 6.45) is 0. The summed E-state index contributed by atoms with van der Waals surface area (Å²) in [4.78, 5) is 8.97. The summed E-state index contributed by atoms with van der Waals surface area (Å²) in [5.41, 5.74) is 9.39. The SMILES string of the molecule is Cc1ccc2c(c1)nc(N)n1nc(-c3ccc(O)cc3)nc21. The highest BCUT2D eigenvalue weighted by molar-refractivity contribution is 5.93. The van der Waals surface area contributed by atoms with E-state index in [0.29, 0.717) is 17.4 Å². The Morgan fingerprint density at radius 2 is 1.82 bits per heavy atom. The van der Waals surface area contributed by atoms with E-state index in [-0.39, 0.29) is 5.75 Å². The molecule has 2 aromatic carbocycles. The van der Waals surface area contributed by atoms with Crippen molar-refractivity contribution in [3.8, 4) is 17.1 Å². The van der Waals surface area contributed by atoms with Gasteiger partial charge >= 0.3 is 0 Å². The fourth-order valence-corrected chi connectivity index (χ4v) is 2.47. The van der Waals surface area contributed by atoms with Crippen LogP contribution in [0.4, 0.5) is 5.95 Å². The van der Waals surface area contributed by atoms with Gasteiger partial charge in [-0.2, -0.15) is 4.52 Å². The van der Waals surface area contributed by atoms with Gasteiger partial charge in [0.2, 0.25) is 5.95 Å². The molecule has 3 N–H and O–H groups in total. The van der Waals surface area contributed by atoms with Crippen LogP contribution >= 0.6 is 0 Å². The largest absolute Gasteiger partial charge is 0.508 e. The molecule has 0 aliphatic heterocycles. The number of nitrogens with zero attached hydrogens (tertiary/aromatic N) is 4. The number of fused-ring (bicyclic) bond motifs is 3. The molecule has 4 aromatic rings. The fourth-order valence-electron chi connectivity index (χ4n) is 2.47. The number of aromatic nitrogens is 4. The molecule has 2 heterocycles. The first kappa shape index (κ1) is 12.6. The molecule has 6 nitrogen and oxygen atoms in total. The molecule has 0 saturated carbocycles. The zero-order chi connectivity index (χ0) is 15.3. The van der Waals surface area contributed by atoms with Crippen LogP contribution in [-0.2, 0) is 0 Å². The summed E-state index contributed by atoms with van der Waals surface area (Å²) in [5.74, 6) is 1.04. The highest BCUT2D eigenvalue weighted by atomic mass is 16.3. The van der Waals surface area contributed by atoms with Crippen LogP contribution in [0.15, 0.2) is 42.5 Å². The van der Waals surface area contributed by atoms with E-state index < -0.39 is 0 Å². The number of rotatable bonds is 1. The molecule has 0 spiro atoms. The molecule has 0 saturated heterocycles. The zero-order valence-corrected chi connectivity index (χ0v) is 11.9.